The molecule has 0 spiro atoms. The fourth-order valence-corrected chi connectivity index (χ4v) is 4.66. The van der Waals surface area contributed by atoms with Gasteiger partial charge in [0.25, 0.3) is 5.91 Å². The second kappa shape index (κ2) is 17.7. The zero-order chi connectivity index (χ0) is 30.1. The number of amides is 1. The van der Waals surface area contributed by atoms with Crippen LogP contribution in [0.4, 0.5) is 17.8 Å². The molecule has 232 valence electrons. The van der Waals surface area contributed by atoms with Gasteiger partial charge >= 0.3 is 0 Å². The van der Waals surface area contributed by atoms with Crippen molar-refractivity contribution in [3.8, 4) is 11.5 Å². The quantitative estimate of drug-likeness (QED) is 0.158. The molecule has 0 radical (unpaired) electrons. The van der Waals surface area contributed by atoms with E-state index < -0.39 is 0 Å². The van der Waals surface area contributed by atoms with Crippen LogP contribution in [-0.2, 0) is 16.0 Å². The Morgan fingerprint density at radius 3 is 2.07 bits per heavy atom. The molecule has 4 N–H and O–H groups in total. The van der Waals surface area contributed by atoms with Crippen molar-refractivity contribution >= 4 is 23.8 Å². The number of aromatic nitrogens is 3. The van der Waals surface area contributed by atoms with Gasteiger partial charge in [-0.1, -0.05) is 37.5 Å². The maximum atomic E-state index is 12.0. The average Bonchev–Trinajstić information content (AvgIpc) is 3.05. The number of ether oxygens (including phenoxy) is 4. The minimum absolute atomic E-state index is 0.110. The van der Waals surface area contributed by atoms with Crippen molar-refractivity contribution in [3.05, 3.63) is 59.7 Å². The smallest absolute Gasteiger partial charge is 0.251 e. The Balaban J connectivity index is 1.20. The van der Waals surface area contributed by atoms with Gasteiger partial charge in [-0.15, -0.1) is 0 Å². The molecule has 0 unspecified atom stereocenters. The lowest BCUT2D eigenvalue weighted by Gasteiger charge is -2.23. The standard InChI is InChI=1S/C31H43N7O5/c1-40-26-19-23(20-27(21-26)41-2)22-34-30-36-29(37-31(38-30)35-25-11-7-4-8-12-25)33-14-16-43-18-17-42-15-13-32-28(39)24-9-5-3-6-10-24/h3,5-6,9-10,19-21,25H,4,7-8,11-18,22H2,1-2H3,(H,32,39)(H3,33,34,35,36,37,38). The first-order valence-corrected chi connectivity index (χ1v) is 14.8. The lowest BCUT2D eigenvalue weighted by atomic mass is 9.96. The molecule has 0 bridgehead atoms. The van der Waals surface area contributed by atoms with E-state index >= 15 is 0 Å². The zero-order valence-corrected chi connectivity index (χ0v) is 25.1. The molecule has 1 aromatic heterocycles. The molecule has 4 rings (SSSR count). The van der Waals surface area contributed by atoms with Crippen LogP contribution in [0.1, 0.15) is 48.0 Å². The molecule has 0 atom stereocenters. The van der Waals surface area contributed by atoms with Crippen molar-refractivity contribution in [2.45, 2.75) is 44.7 Å². The summed E-state index contributed by atoms with van der Waals surface area (Å²) in [6.07, 6.45) is 5.90. The van der Waals surface area contributed by atoms with Crippen LogP contribution in [0.5, 0.6) is 11.5 Å². The topological polar surface area (TPSA) is 141 Å². The fourth-order valence-electron chi connectivity index (χ4n) is 4.66. The first-order valence-electron chi connectivity index (χ1n) is 14.8. The van der Waals surface area contributed by atoms with E-state index in [1.165, 1.54) is 19.3 Å². The van der Waals surface area contributed by atoms with E-state index in [0.717, 1.165) is 18.4 Å². The number of rotatable bonds is 18. The predicted octanol–water partition coefficient (Wildman–Crippen LogP) is 4.12. The number of carbonyl (C=O) groups is 1. The van der Waals surface area contributed by atoms with Gasteiger partial charge in [-0.25, -0.2) is 0 Å². The summed E-state index contributed by atoms with van der Waals surface area (Å²) in [4.78, 5) is 25.8. The van der Waals surface area contributed by atoms with Crippen molar-refractivity contribution in [2.24, 2.45) is 0 Å². The maximum absolute atomic E-state index is 12.0. The van der Waals surface area contributed by atoms with Gasteiger partial charge in [0, 0.05) is 37.3 Å². The third-order valence-electron chi connectivity index (χ3n) is 6.91. The number of anilines is 3. The van der Waals surface area contributed by atoms with E-state index in [1.54, 1.807) is 26.4 Å². The van der Waals surface area contributed by atoms with Crippen molar-refractivity contribution in [1.29, 1.82) is 0 Å². The Kier molecular flexibility index (Phi) is 13.1. The van der Waals surface area contributed by atoms with Gasteiger partial charge in [0.2, 0.25) is 17.8 Å². The van der Waals surface area contributed by atoms with Crippen molar-refractivity contribution < 1.29 is 23.7 Å². The van der Waals surface area contributed by atoms with Gasteiger partial charge in [-0.05, 0) is 42.7 Å². The number of methoxy groups -OCH3 is 2. The minimum Gasteiger partial charge on any atom is -0.497 e. The third-order valence-corrected chi connectivity index (χ3v) is 6.91. The molecule has 3 aromatic rings. The Hall–Kier alpha value is -4.16. The van der Waals surface area contributed by atoms with Crippen LogP contribution >= 0.6 is 0 Å². The molecule has 1 aliphatic rings. The highest BCUT2D eigenvalue weighted by Gasteiger charge is 2.16. The molecule has 0 saturated heterocycles. The highest BCUT2D eigenvalue weighted by molar-refractivity contribution is 5.94. The normalized spacial score (nSPS) is 13.3. The van der Waals surface area contributed by atoms with E-state index in [4.69, 9.17) is 18.9 Å². The average molecular weight is 594 g/mol. The van der Waals surface area contributed by atoms with Crippen LogP contribution in [0.3, 0.4) is 0 Å². The zero-order valence-electron chi connectivity index (χ0n) is 25.1. The lowest BCUT2D eigenvalue weighted by Crippen LogP contribution is -2.27. The van der Waals surface area contributed by atoms with Gasteiger partial charge in [0.1, 0.15) is 11.5 Å². The summed E-state index contributed by atoms with van der Waals surface area (Å²) < 4.78 is 22.0. The lowest BCUT2D eigenvalue weighted by molar-refractivity contribution is 0.0519. The monoisotopic (exact) mass is 593 g/mol. The number of hydrogen-bond acceptors (Lipinski definition) is 11. The van der Waals surface area contributed by atoms with Crippen LogP contribution in [0.2, 0.25) is 0 Å². The van der Waals surface area contributed by atoms with Gasteiger partial charge in [-0.3, -0.25) is 4.79 Å². The summed E-state index contributed by atoms with van der Waals surface area (Å²) in [5.74, 6) is 2.80. The largest absolute Gasteiger partial charge is 0.497 e. The Bertz CT molecular complexity index is 1240. The van der Waals surface area contributed by atoms with Crippen LogP contribution in [-0.4, -0.2) is 80.6 Å². The van der Waals surface area contributed by atoms with E-state index in [-0.39, 0.29) is 5.91 Å². The Morgan fingerprint density at radius 1 is 0.767 bits per heavy atom. The van der Waals surface area contributed by atoms with Gasteiger partial charge in [0.05, 0.1) is 40.6 Å². The van der Waals surface area contributed by atoms with Crippen molar-refractivity contribution in [2.75, 3.05) is 69.7 Å². The Labute approximate surface area is 253 Å². The minimum atomic E-state index is -0.110. The summed E-state index contributed by atoms with van der Waals surface area (Å²) in [5, 5.41) is 12.9. The number of nitrogens with one attached hydrogen (secondary N) is 4. The molecule has 1 heterocycles. The number of carbonyl (C=O) groups excluding carboxylic acids is 1. The van der Waals surface area contributed by atoms with E-state index in [2.05, 4.69) is 36.2 Å². The van der Waals surface area contributed by atoms with Crippen LogP contribution in [0, 0.1) is 0 Å². The molecule has 1 fully saturated rings. The van der Waals surface area contributed by atoms with Crippen molar-refractivity contribution in [1.82, 2.24) is 20.3 Å². The predicted molar refractivity (Wildman–Crippen MR) is 166 cm³/mol. The number of nitrogens with zero attached hydrogens (tertiary/aromatic N) is 3. The summed E-state index contributed by atoms with van der Waals surface area (Å²) >= 11 is 0. The molecule has 12 heteroatoms. The van der Waals surface area contributed by atoms with Crippen molar-refractivity contribution in [3.63, 3.8) is 0 Å². The van der Waals surface area contributed by atoms with Gasteiger partial charge < -0.3 is 40.2 Å². The first kappa shape index (κ1) is 31.8. The van der Waals surface area contributed by atoms with Gasteiger partial charge in [0.15, 0.2) is 0 Å². The van der Waals surface area contributed by atoms with E-state index in [0.29, 0.717) is 87.0 Å². The van der Waals surface area contributed by atoms with E-state index in [1.807, 2.05) is 36.4 Å². The van der Waals surface area contributed by atoms with Crippen LogP contribution in [0.25, 0.3) is 0 Å². The molecule has 0 aliphatic heterocycles. The molecule has 2 aromatic carbocycles. The Morgan fingerprint density at radius 2 is 1.40 bits per heavy atom. The molecule has 1 saturated carbocycles. The van der Waals surface area contributed by atoms with Crippen LogP contribution < -0.4 is 30.7 Å². The summed E-state index contributed by atoms with van der Waals surface area (Å²) in [6.45, 7) is 3.19. The molecular weight excluding hydrogens is 550 g/mol. The molecule has 1 aliphatic carbocycles. The molecule has 43 heavy (non-hydrogen) atoms. The molecule has 12 nitrogen and oxygen atoms in total. The molecular formula is C31H43N7O5. The summed E-state index contributed by atoms with van der Waals surface area (Å²) in [6, 6.07) is 15.2. The number of hydrogen-bond donors (Lipinski definition) is 4. The SMILES string of the molecule is COc1cc(CNc2nc(NCCOCCOCCNC(=O)c3ccccc3)nc(NC3CCCCC3)n2)cc(OC)c1. The highest BCUT2D eigenvalue weighted by Crippen LogP contribution is 2.24. The van der Waals surface area contributed by atoms with Crippen LogP contribution in [0.15, 0.2) is 48.5 Å². The number of benzene rings is 2. The highest BCUT2D eigenvalue weighted by atomic mass is 16.5. The summed E-state index contributed by atoms with van der Waals surface area (Å²) in [7, 11) is 3.26. The first-order chi connectivity index (χ1) is 21.1. The summed E-state index contributed by atoms with van der Waals surface area (Å²) in [5.41, 5.74) is 1.61. The molecule has 1 amide bonds. The fraction of sp³-hybridized carbons (Fsp3) is 0.484. The second-order valence-corrected chi connectivity index (χ2v) is 10.1. The van der Waals surface area contributed by atoms with E-state index in [9.17, 15) is 4.79 Å². The maximum Gasteiger partial charge on any atom is 0.251 e. The third kappa shape index (κ3) is 11.2. The van der Waals surface area contributed by atoms with Gasteiger partial charge in [-0.2, -0.15) is 15.0 Å². The second-order valence-electron chi connectivity index (χ2n) is 10.1.